The van der Waals surface area contributed by atoms with Crippen molar-refractivity contribution in [3.63, 3.8) is 0 Å². The Labute approximate surface area is 146 Å². The van der Waals surface area contributed by atoms with Gasteiger partial charge in [0, 0.05) is 25.7 Å². The lowest BCUT2D eigenvalue weighted by atomic mass is 10.1. The van der Waals surface area contributed by atoms with Gasteiger partial charge in [-0.3, -0.25) is 14.6 Å². The van der Waals surface area contributed by atoms with Gasteiger partial charge in [0.2, 0.25) is 5.91 Å². The molecule has 0 spiro atoms. The number of pyridine rings is 1. The molecule has 6 heteroatoms. The zero-order valence-corrected chi connectivity index (χ0v) is 14.1. The van der Waals surface area contributed by atoms with E-state index in [1.165, 1.54) is 0 Å². The molecule has 1 aromatic heterocycles. The number of nitrogens with one attached hydrogen (secondary N) is 1. The van der Waals surface area contributed by atoms with E-state index in [1.54, 1.807) is 36.4 Å². The fraction of sp³-hybridized carbons (Fsp3) is 0.316. The van der Waals surface area contributed by atoms with Crippen LogP contribution in [0.4, 0.5) is 0 Å². The summed E-state index contributed by atoms with van der Waals surface area (Å²) >= 11 is 0. The second kappa shape index (κ2) is 7.79. The quantitative estimate of drug-likeness (QED) is 0.869. The van der Waals surface area contributed by atoms with Crippen LogP contribution >= 0.6 is 0 Å². The number of nitrogens with zero attached hydrogens (tertiary/aromatic N) is 2. The number of hydrogen-bond donors (Lipinski definition) is 1. The molecule has 1 unspecified atom stereocenters. The highest BCUT2D eigenvalue weighted by Crippen LogP contribution is 2.15. The van der Waals surface area contributed by atoms with Crippen LogP contribution in [0.15, 0.2) is 48.7 Å². The number of aromatic nitrogens is 1. The SMILES string of the molecule is COc1ccc(CCN2CC(NC(=O)c3ccccn3)CC2=O)cc1. The third-order valence-corrected chi connectivity index (χ3v) is 4.28. The molecule has 2 aromatic rings. The van der Waals surface area contributed by atoms with Gasteiger partial charge in [-0.15, -0.1) is 0 Å². The highest BCUT2D eigenvalue weighted by Gasteiger charge is 2.30. The maximum absolute atomic E-state index is 12.2. The van der Waals surface area contributed by atoms with Crippen molar-refractivity contribution in [1.82, 2.24) is 15.2 Å². The van der Waals surface area contributed by atoms with Gasteiger partial charge in [0.1, 0.15) is 11.4 Å². The van der Waals surface area contributed by atoms with Crippen LogP contribution in [0.5, 0.6) is 5.75 Å². The molecule has 3 rings (SSSR count). The summed E-state index contributed by atoms with van der Waals surface area (Å²) in [5, 5.41) is 2.89. The van der Waals surface area contributed by atoms with Crippen LogP contribution in [-0.2, 0) is 11.2 Å². The van der Waals surface area contributed by atoms with Crippen LogP contribution in [0.2, 0.25) is 0 Å². The highest BCUT2D eigenvalue weighted by molar-refractivity contribution is 5.93. The second-order valence-corrected chi connectivity index (χ2v) is 6.03. The lowest BCUT2D eigenvalue weighted by Gasteiger charge is -2.17. The molecular formula is C19H21N3O3. The van der Waals surface area contributed by atoms with Crippen LogP contribution in [0.1, 0.15) is 22.5 Å². The van der Waals surface area contributed by atoms with Crippen LogP contribution in [0, 0.1) is 0 Å². The molecule has 1 atom stereocenters. The first-order valence-corrected chi connectivity index (χ1v) is 8.28. The number of rotatable bonds is 6. The maximum atomic E-state index is 12.2. The molecule has 25 heavy (non-hydrogen) atoms. The topological polar surface area (TPSA) is 71.5 Å². The van der Waals surface area contributed by atoms with Gasteiger partial charge >= 0.3 is 0 Å². The Kier molecular flexibility index (Phi) is 5.28. The lowest BCUT2D eigenvalue weighted by molar-refractivity contribution is -0.127. The Morgan fingerprint density at radius 1 is 1.28 bits per heavy atom. The first-order valence-electron chi connectivity index (χ1n) is 8.28. The summed E-state index contributed by atoms with van der Waals surface area (Å²) in [4.78, 5) is 30.1. The summed E-state index contributed by atoms with van der Waals surface area (Å²) in [7, 11) is 1.64. The van der Waals surface area contributed by atoms with Crippen LogP contribution in [0.3, 0.4) is 0 Å². The minimum Gasteiger partial charge on any atom is -0.497 e. The Morgan fingerprint density at radius 2 is 2.08 bits per heavy atom. The van der Waals surface area contributed by atoms with Gasteiger partial charge in [-0.2, -0.15) is 0 Å². The molecule has 130 valence electrons. The minimum absolute atomic E-state index is 0.0693. The number of hydrogen-bond acceptors (Lipinski definition) is 4. The van der Waals surface area contributed by atoms with E-state index in [0.29, 0.717) is 25.2 Å². The van der Waals surface area contributed by atoms with Crippen molar-refractivity contribution in [2.24, 2.45) is 0 Å². The fourth-order valence-corrected chi connectivity index (χ4v) is 2.90. The van der Waals surface area contributed by atoms with Crippen molar-refractivity contribution >= 4 is 11.8 Å². The zero-order chi connectivity index (χ0) is 17.6. The van der Waals surface area contributed by atoms with Gasteiger partial charge in [0.25, 0.3) is 5.91 Å². The zero-order valence-electron chi connectivity index (χ0n) is 14.1. The Balaban J connectivity index is 1.51. The smallest absolute Gasteiger partial charge is 0.270 e. The predicted octanol–water partition coefficient (Wildman–Crippen LogP) is 1.66. The number of carbonyl (C=O) groups excluding carboxylic acids is 2. The summed E-state index contributed by atoms with van der Waals surface area (Å²) in [6.07, 6.45) is 2.69. The summed E-state index contributed by atoms with van der Waals surface area (Å²) in [6, 6.07) is 12.8. The van der Waals surface area contributed by atoms with E-state index in [4.69, 9.17) is 4.74 Å². The van der Waals surface area contributed by atoms with Crippen molar-refractivity contribution in [3.05, 3.63) is 59.9 Å². The van der Waals surface area contributed by atoms with Gasteiger partial charge in [-0.1, -0.05) is 18.2 Å². The first kappa shape index (κ1) is 17.0. The Morgan fingerprint density at radius 3 is 2.76 bits per heavy atom. The Hall–Kier alpha value is -2.89. The largest absolute Gasteiger partial charge is 0.497 e. The molecule has 0 radical (unpaired) electrons. The van der Waals surface area contributed by atoms with Crippen molar-refractivity contribution in [2.75, 3.05) is 20.2 Å². The van der Waals surface area contributed by atoms with Gasteiger partial charge < -0.3 is 15.0 Å². The molecule has 1 saturated heterocycles. The number of amides is 2. The van der Waals surface area contributed by atoms with Crippen molar-refractivity contribution < 1.29 is 14.3 Å². The summed E-state index contributed by atoms with van der Waals surface area (Å²) in [5.74, 6) is 0.647. The normalized spacial score (nSPS) is 16.8. The molecular weight excluding hydrogens is 318 g/mol. The molecule has 1 aromatic carbocycles. The lowest BCUT2D eigenvalue weighted by Crippen LogP contribution is -2.37. The molecule has 0 bridgehead atoms. The van der Waals surface area contributed by atoms with Gasteiger partial charge in [-0.25, -0.2) is 0 Å². The fourth-order valence-electron chi connectivity index (χ4n) is 2.90. The molecule has 1 fully saturated rings. The molecule has 6 nitrogen and oxygen atoms in total. The van der Waals surface area contributed by atoms with Crippen molar-refractivity contribution in [1.29, 1.82) is 0 Å². The standard InChI is InChI=1S/C19H21N3O3/c1-25-16-7-5-14(6-8-16)9-11-22-13-15(12-18(22)23)21-19(24)17-4-2-3-10-20-17/h2-8,10,15H,9,11-13H2,1H3,(H,21,24). The van der Waals surface area contributed by atoms with Crippen LogP contribution in [0.25, 0.3) is 0 Å². The average molecular weight is 339 g/mol. The summed E-state index contributed by atoms with van der Waals surface area (Å²) < 4.78 is 5.14. The molecule has 1 aliphatic rings. The van der Waals surface area contributed by atoms with E-state index in [9.17, 15) is 9.59 Å². The third-order valence-electron chi connectivity index (χ3n) is 4.28. The minimum atomic E-state index is -0.240. The number of ether oxygens (including phenoxy) is 1. The first-order chi connectivity index (χ1) is 12.2. The van der Waals surface area contributed by atoms with E-state index in [1.807, 2.05) is 24.3 Å². The number of benzene rings is 1. The number of likely N-dealkylation sites (tertiary alicyclic amines) is 1. The number of methoxy groups -OCH3 is 1. The second-order valence-electron chi connectivity index (χ2n) is 6.03. The van der Waals surface area contributed by atoms with E-state index < -0.39 is 0 Å². The molecule has 2 amide bonds. The predicted molar refractivity (Wildman–Crippen MR) is 93.4 cm³/mol. The molecule has 0 saturated carbocycles. The van der Waals surface area contributed by atoms with Crippen LogP contribution < -0.4 is 10.1 Å². The molecule has 0 aliphatic carbocycles. The van der Waals surface area contributed by atoms with Gasteiger partial charge in [0.15, 0.2) is 0 Å². The molecule has 1 aliphatic heterocycles. The van der Waals surface area contributed by atoms with E-state index in [0.717, 1.165) is 17.7 Å². The van der Waals surface area contributed by atoms with E-state index in [-0.39, 0.29) is 17.9 Å². The molecule has 1 N–H and O–H groups in total. The Bertz CT molecular complexity index is 731. The number of carbonyl (C=O) groups is 2. The van der Waals surface area contributed by atoms with Crippen molar-refractivity contribution in [2.45, 2.75) is 18.9 Å². The molecule has 2 heterocycles. The van der Waals surface area contributed by atoms with E-state index >= 15 is 0 Å². The van der Waals surface area contributed by atoms with Crippen LogP contribution in [-0.4, -0.2) is 47.9 Å². The van der Waals surface area contributed by atoms with E-state index in [2.05, 4.69) is 10.3 Å². The third kappa shape index (κ3) is 4.35. The summed E-state index contributed by atoms with van der Waals surface area (Å²) in [6.45, 7) is 1.18. The maximum Gasteiger partial charge on any atom is 0.270 e. The average Bonchev–Trinajstić information content (AvgIpc) is 3.00. The highest BCUT2D eigenvalue weighted by atomic mass is 16.5. The summed E-state index contributed by atoms with van der Waals surface area (Å²) in [5.41, 5.74) is 1.52. The van der Waals surface area contributed by atoms with Gasteiger partial charge in [-0.05, 0) is 36.2 Å². The van der Waals surface area contributed by atoms with Gasteiger partial charge in [0.05, 0.1) is 13.2 Å². The van der Waals surface area contributed by atoms with Crippen molar-refractivity contribution in [3.8, 4) is 5.75 Å². The monoisotopic (exact) mass is 339 g/mol.